The van der Waals surface area contributed by atoms with E-state index in [0.717, 1.165) is 68.6 Å². The molecule has 2 amide bonds. The second-order valence-corrected chi connectivity index (χ2v) is 8.56. The quantitative estimate of drug-likeness (QED) is 0.860. The molecule has 4 rings (SSSR count). The van der Waals surface area contributed by atoms with Crippen molar-refractivity contribution in [3.05, 3.63) is 23.8 Å². The Morgan fingerprint density at radius 2 is 2.07 bits per heavy atom. The number of likely N-dealkylation sites (tertiary alicyclic amines) is 1. The van der Waals surface area contributed by atoms with Crippen molar-refractivity contribution >= 4 is 29.3 Å². The minimum atomic E-state index is 0.0222. The maximum Gasteiger partial charge on any atom is 0.254 e. The third kappa shape index (κ3) is 4.47. The van der Waals surface area contributed by atoms with Crippen molar-refractivity contribution in [1.82, 2.24) is 9.80 Å². The van der Waals surface area contributed by atoms with Crippen LogP contribution >= 0.6 is 11.8 Å². The van der Waals surface area contributed by atoms with Gasteiger partial charge in [-0.25, -0.2) is 0 Å². The standard InChI is InChI=1S/C20H27N3O3S/c24-19-6-12-27-18-5-4-15(13-17(18)21-19)20(25)23-7-2-1-3-16(23)14-22-8-10-26-11-9-22/h4-5,13,16H,1-3,6-12,14H2,(H,21,24)/t16-/m1/s1. The lowest BCUT2D eigenvalue weighted by atomic mass is 10.00. The van der Waals surface area contributed by atoms with Crippen molar-refractivity contribution in [3.63, 3.8) is 0 Å². The van der Waals surface area contributed by atoms with Crippen molar-refractivity contribution in [2.75, 3.05) is 50.5 Å². The largest absolute Gasteiger partial charge is 0.379 e. The Bertz CT molecular complexity index is 706. The summed E-state index contributed by atoms with van der Waals surface area (Å²) in [5, 5.41) is 2.94. The zero-order chi connectivity index (χ0) is 18.6. The van der Waals surface area contributed by atoms with Gasteiger partial charge in [-0.3, -0.25) is 14.5 Å². The van der Waals surface area contributed by atoms with Gasteiger partial charge in [-0.1, -0.05) is 0 Å². The highest BCUT2D eigenvalue weighted by atomic mass is 32.2. The van der Waals surface area contributed by atoms with Crippen LogP contribution in [-0.4, -0.2) is 72.8 Å². The van der Waals surface area contributed by atoms with Crippen LogP contribution in [0.15, 0.2) is 23.1 Å². The number of piperidine rings is 1. The van der Waals surface area contributed by atoms with Gasteiger partial charge in [-0.05, 0) is 37.5 Å². The van der Waals surface area contributed by atoms with Crippen LogP contribution in [0.1, 0.15) is 36.0 Å². The summed E-state index contributed by atoms with van der Waals surface area (Å²) in [5.41, 5.74) is 1.44. The molecule has 0 aliphatic carbocycles. The van der Waals surface area contributed by atoms with Gasteiger partial charge in [-0.15, -0.1) is 11.8 Å². The number of anilines is 1. The summed E-state index contributed by atoms with van der Waals surface area (Å²) in [5.74, 6) is 0.883. The van der Waals surface area contributed by atoms with Crippen molar-refractivity contribution in [3.8, 4) is 0 Å². The molecule has 1 aromatic rings. The highest BCUT2D eigenvalue weighted by Gasteiger charge is 2.30. The molecule has 0 spiro atoms. The van der Waals surface area contributed by atoms with Gasteiger partial charge in [-0.2, -0.15) is 0 Å². The molecule has 0 aromatic heterocycles. The van der Waals surface area contributed by atoms with E-state index in [9.17, 15) is 9.59 Å². The van der Waals surface area contributed by atoms with E-state index in [4.69, 9.17) is 4.74 Å². The van der Waals surface area contributed by atoms with Gasteiger partial charge in [0.1, 0.15) is 0 Å². The molecular formula is C20H27N3O3S. The molecule has 27 heavy (non-hydrogen) atoms. The van der Waals surface area contributed by atoms with Crippen LogP contribution in [-0.2, 0) is 9.53 Å². The van der Waals surface area contributed by atoms with Gasteiger partial charge in [0, 0.05) is 54.9 Å². The van der Waals surface area contributed by atoms with Gasteiger partial charge >= 0.3 is 0 Å². The predicted molar refractivity (Wildman–Crippen MR) is 106 cm³/mol. The van der Waals surface area contributed by atoms with Crippen molar-refractivity contribution < 1.29 is 14.3 Å². The Morgan fingerprint density at radius 3 is 2.93 bits per heavy atom. The maximum atomic E-state index is 13.3. The molecule has 0 unspecified atom stereocenters. The number of ether oxygens (including phenoxy) is 1. The zero-order valence-electron chi connectivity index (χ0n) is 15.6. The van der Waals surface area contributed by atoms with E-state index in [1.807, 2.05) is 23.1 Å². The second kappa shape index (κ2) is 8.63. The van der Waals surface area contributed by atoms with Gasteiger partial charge in [0.15, 0.2) is 0 Å². The maximum absolute atomic E-state index is 13.3. The minimum absolute atomic E-state index is 0.0222. The van der Waals surface area contributed by atoms with E-state index in [-0.39, 0.29) is 17.9 Å². The highest BCUT2D eigenvalue weighted by Crippen LogP contribution is 2.32. The van der Waals surface area contributed by atoms with Crippen LogP contribution in [0.4, 0.5) is 5.69 Å². The fourth-order valence-corrected chi connectivity index (χ4v) is 5.00. The molecule has 6 nitrogen and oxygen atoms in total. The smallest absolute Gasteiger partial charge is 0.254 e. The first-order valence-electron chi connectivity index (χ1n) is 9.88. The summed E-state index contributed by atoms with van der Waals surface area (Å²) in [4.78, 5) is 30.6. The molecule has 3 heterocycles. The SMILES string of the molecule is O=C1CCSc2ccc(C(=O)N3CCCC[C@@H]3CN3CCOCC3)cc2N1. The first kappa shape index (κ1) is 18.8. The van der Waals surface area contributed by atoms with Crippen molar-refractivity contribution in [2.24, 2.45) is 0 Å². The summed E-state index contributed by atoms with van der Waals surface area (Å²) < 4.78 is 5.45. The fraction of sp³-hybridized carbons (Fsp3) is 0.600. The number of carbonyl (C=O) groups excluding carboxylic acids is 2. The minimum Gasteiger partial charge on any atom is -0.379 e. The number of amides is 2. The van der Waals surface area contributed by atoms with Gasteiger partial charge in [0.2, 0.25) is 5.91 Å². The topological polar surface area (TPSA) is 61.9 Å². The number of nitrogens with one attached hydrogen (secondary N) is 1. The number of benzene rings is 1. The Hall–Kier alpha value is -1.57. The van der Waals surface area contributed by atoms with Crippen molar-refractivity contribution in [2.45, 2.75) is 36.6 Å². The fourth-order valence-electron chi connectivity index (χ4n) is 4.06. The molecule has 0 bridgehead atoms. The average molecular weight is 390 g/mol. The summed E-state index contributed by atoms with van der Waals surface area (Å²) in [6, 6.07) is 5.99. The van der Waals surface area contributed by atoms with Gasteiger partial charge < -0.3 is 15.0 Å². The van der Waals surface area contributed by atoms with E-state index in [1.54, 1.807) is 11.8 Å². The summed E-state index contributed by atoms with van der Waals surface area (Å²) >= 11 is 1.67. The molecule has 1 aromatic carbocycles. The Balaban J connectivity index is 1.50. The molecule has 146 valence electrons. The van der Waals surface area contributed by atoms with Crippen LogP contribution in [0, 0.1) is 0 Å². The van der Waals surface area contributed by atoms with Crippen molar-refractivity contribution in [1.29, 1.82) is 0 Å². The zero-order valence-corrected chi connectivity index (χ0v) is 16.4. The lowest BCUT2D eigenvalue weighted by molar-refractivity contribution is -0.115. The van der Waals surface area contributed by atoms with Crippen LogP contribution in [0.2, 0.25) is 0 Å². The van der Waals surface area contributed by atoms with Crippen LogP contribution in [0.25, 0.3) is 0 Å². The lowest BCUT2D eigenvalue weighted by Crippen LogP contribution is -2.51. The molecule has 7 heteroatoms. The molecule has 3 aliphatic rings. The molecule has 3 aliphatic heterocycles. The highest BCUT2D eigenvalue weighted by molar-refractivity contribution is 7.99. The van der Waals surface area contributed by atoms with Crippen LogP contribution in [0.3, 0.4) is 0 Å². The molecule has 0 saturated carbocycles. The lowest BCUT2D eigenvalue weighted by Gasteiger charge is -2.39. The first-order valence-corrected chi connectivity index (χ1v) is 10.9. The molecule has 1 N–H and O–H groups in total. The number of carbonyl (C=O) groups is 2. The number of thioether (sulfide) groups is 1. The summed E-state index contributed by atoms with van der Waals surface area (Å²) in [6.45, 7) is 5.19. The Labute approximate surface area is 164 Å². The third-order valence-electron chi connectivity index (χ3n) is 5.55. The van der Waals surface area contributed by atoms with E-state index < -0.39 is 0 Å². The van der Waals surface area contributed by atoms with Gasteiger partial charge in [0.25, 0.3) is 5.91 Å². The number of hydrogen-bond acceptors (Lipinski definition) is 5. The molecule has 0 radical (unpaired) electrons. The third-order valence-corrected chi connectivity index (χ3v) is 6.62. The van der Waals surface area contributed by atoms with Crippen LogP contribution in [0.5, 0.6) is 0 Å². The number of nitrogens with zero attached hydrogens (tertiary/aromatic N) is 2. The van der Waals surface area contributed by atoms with Crippen LogP contribution < -0.4 is 5.32 Å². The molecule has 2 saturated heterocycles. The first-order chi connectivity index (χ1) is 13.2. The number of fused-ring (bicyclic) bond motifs is 1. The summed E-state index contributed by atoms with van der Waals surface area (Å²) in [6.07, 6.45) is 3.80. The van der Waals surface area contributed by atoms with E-state index >= 15 is 0 Å². The van der Waals surface area contributed by atoms with E-state index in [0.29, 0.717) is 12.0 Å². The number of hydrogen-bond donors (Lipinski definition) is 1. The average Bonchev–Trinajstić information content (AvgIpc) is 2.88. The molecule has 1 atom stereocenters. The number of morpholine rings is 1. The predicted octanol–water partition coefficient (Wildman–Crippen LogP) is 2.45. The number of rotatable bonds is 3. The van der Waals surface area contributed by atoms with E-state index in [2.05, 4.69) is 10.2 Å². The van der Waals surface area contributed by atoms with E-state index in [1.165, 1.54) is 6.42 Å². The molecule has 2 fully saturated rings. The normalized spacial score (nSPS) is 24.1. The Morgan fingerprint density at radius 1 is 1.22 bits per heavy atom. The molecular weight excluding hydrogens is 362 g/mol. The second-order valence-electron chi connectivity index (χ2n) is 7.42. The Kier molecular flexibility index (Phi) is 6.00. The summed E-state index contributed by atoms with van der Waals surface area (Å²) in [7, 11) is 0. The van der Waals surface area contributed by atoms with Gasteiger partial charge in [0.05, 0.1) is 18.9 Å². The monoisotopic (exact) mass is 389 g/mol.